The van der Waals surface area contributed by atoms with Crippen LogP contribution in [0, 0.1) is 0 Å². The van der Waals surface area contributed by atoms with Gasteiger partial charge in [-0.3, -0.25) is 4.79 Å². The lowest BCUT2D eigenvalue weighted by atomic mass is 10.00. The third-order valence-electron chi connectivity index (χ3n) is 2.16. The van der Waals surface area contributed by atoms with E-state index in [1.54, 1.807) is 6.92 Å². The van der Waals surface area contributed by atoms with E-state index in [2.05, 4.69) is 15.3 Å². The van der Waals surface area contributed by atoms with Gasteiger partial charge in [0.2, 0.25) is 11.2 Å². The molecule has 1 unspecified atom stereocenters. The lowest BCUT2D eigenvalue weighted by Crippen LogP contribution is -2.47. The van der Waals surface area contributed by atoms with E-state index in [9.17, 15) is 4.79 Å². The number of carbonyl (C=O) groups excluding carboxylic acids is 1. The molecule has 0 saturated heterocycles. The number of carbonyl (C=O) groups is 1. The average Bonchev–Trinajstić information content (AvgIpc) is 2.15. The highest BCUT2D eigenvalue weighted by atomic mass is 35.5. The van der Waals surface area contributed by atoms with Gasteiger partial charge in [-0.05, 0) is 24.9 Å². The molecule has 1 amide bonds. The Morgan fingerprint density at radius 3 is 2.69 bits per heavy atom. The molecule has 1 rings (SSSR count). The first-order valence-corrected chi connectivity index (χ1v) is 5.41. The number of amides is 1. The Balaban J connectivity index is 2.85. The van der Waals surface area contributed by atoms with Gasteiger partial charge in [0, 0.05) is 6.07 Å². The summed E-state index contributed by atoms with van der Waals surface area (Å²) in [5.41, 5.74) is 4.81. The quantitative estimate of drug-likeness (QED) is 0.644. The van der Waals surface area contributed by atoms with Gasteiger partial charge in [-0.25, -0.2) is 9.97 Å². The largest absolute Gasteiger partial charge is 0.318 e. The Morgan fingerprint density at radius 1 is 1.56 bits per heavy atom. The minimum absolute atomic E-state index is 0.0296. The summed E-state index contributed by atoms with van der Waals surface area (Å²) in [4.78, 5) is 19.2. The number of rotatable bonds is 3. The summed E-state index contributed by atoms with van der Waals surface area (Å²) in [6.07, 6.45) is 0.505. The van der Waals surface area contributed by atoms with Gasteiger partial charge in [0.1, 0.15) is 11.0 Å². The van der Waals surface area contributed by atoms with Crippen molar-refractivity contribution >= 4 is 34.9 Å². The summed E-state index contributed by atoms with van der Waals surface area (Å²) in [5, 5.41) is 2.66. The minimum Gasteiger partial charge on any atom is -0.318 e. The maximum Gasteiger partial charge on any atom is 0.245 e. The number of aromatic nitrogens is 2. The monoisotopic (exact) mass is 262 g/mol. The third-order valence-corrected chi connectivity index (χ3v) is 2.53. The number of halogens is 2. The number of hydrogen-bond acceptors (Lipinski definition) is 4. The van der Waals surface area contributed by atoms with Crippen molar-refractivity contribution in [1.82, 2.24) is 9.97 Å². The number of nitrogens with zero attached hydrogens (tertiary/aromatic N) is 2. The fourth-order valence-electron chi connectivity index (χ4n) is 0.874. The fourth-order valence-corrected chi connectivity index (χ4v) is 1.28. The molecule has 0 aliphatic rings. The van der Waals surface area contributed by atoms with E-state index in [-0.39, 0.29) is 22.2 Å². The molecule has 0 aliphatic carbocycles. The van der Waals surface area contributed by atoms with Crippen LogP contribution < -0.4 is 11.1 Å². The van der Waals surface area contributed by atoms with Crippen molar-refractivity contribution in [3.05, 3.63) is 16.5 Å². The first-order valence-electron chi connectivity index (χ1n) is 4.65. The Bertz CT molecular complexity index is 388. The molecule has 0 fully saturated rings. The highest BCUT2D eigenvalue weighted by Gasteiger charge is 2.26. The maximum absolute atomic E-state index is 11.7. The maximum atomic E-state index is 11.7. The van der Waals surface area contributed by atoms with E-state index in [4.69, 9.17) is 28.9 Å². The van der Waals surface area contributed by atoms with Gasteiger partial charge in [0.25, 0.3) is 0 Å². The van der Waals surface area contributed by atoms with E-state index < -0.39 is 5.54 Å². The SMILES string of the molecule is CCC(C)(N)C(=O)Nc1cc(Cl)nc(Cl)n1. The Kier molecular flexibility index (Phi) is 4.07. The molecule has 7 heteroatoms. The van der Waals surface area contributed by atoms with Crippen LogP contribution in [0.3, 0.4) is 0 Å². The number of hydrogen-bond donors (Lipinski definition) is 2. The molecule has 5 nitrogen and oxygen atoms in total. The van der Waals surface area contributed by atoms with Crippen molar-refractivity contribution in [2.24, 2.45) is 5.73 Å². The van der Waals surface area contributed by atoms with E-state index in [1.807, 2.05) is 6.92 Å². The first kappa shape index (κ1) is 13.2. The molecule has 0 aliphatic heterocycles. The molecule has 3 N–H and O–H groups in total. The fraction of sp³-hybridized carbons (Fsp3) is 0.444. The van der Waals surface area contributed by atoms with Gasteiger partial charge in [0.15, 0.2) is 0 Å². The molecule has 16 heavy (non-hydrogen) atoms. The number of anilines is 1. The van der Waals surface area contributed by atoms with Crippen molar-refractivity contribution < 1.29 is 4.79 Å². The van der Waals surface area contributed by atoms with Gasteiger partial charge in [0.05, 0.1) is 5.54 Å². The smallest absolute Gasteiger partial charge is 0.245 e. The van der Waals surface area contributed by atoms with E-state index in [0.29, 0.717) is 6.42 Å². The summed E-state index contributed by atoms with van der Waals surface area (Å²) >= 11 is 11.3. The average molecular weight is 263 g/mol. The van der Waals surface area contributed by atoms with Gasteiger partial charge in [-0.2, -0.15) is 0 Å². The summed E-state index contributed by atoms with van der Waals surface area (Å²) in [5.74, 6) is -0.110. The van der Waals surface area contributed by atoms with Gasteiger partial charge < -0.3 is 11.1 Å². The van der Waals surface area contributed by atoms with Crippen molar-refractivity contribution in [2.75, 3.05) is 5.32 Å². The van der Waals surface area contributed by atoms with Crippen LogP contribution in [0.2, 0.25) is 10.4 Å². The van der Waals surface area contributed by atoms with Crippen molar-refractivity contribution in [3.8, 4) is 0 Å². The molecule has 0 aromatic carbocycles. The standard InChI is InChI=1S/C9H12Cl2N4O/c1-3-9(2,12)7(16)14-6-4-5(10)13-8(11)15-6/h4H,3,12H2,1-2H3,(H,13,14,15,16). The van der Waals surface area contributed by atoms with Crippen LogP contribution in [0.4, 0.5) is 5.82 Å². The first-order chi connectivity index (χ1) is 7.35. The summed E-state index contributed by atoms with van der Waals surface area (Å²) in [7, 11) is 0. The number of nitrogens with one attached hydrogen (secondary N) is 1. The normalized spacial score (nSPS) is 14.3. The molecule has 1 aromatic rings. The van der Waals surface area contributed by atoms with Crippen LogP contribution in [0.25, 0.3) is 0 Å². The predicted octanol–water partition coefficient (Wildman–Crippen LogP) is 1.85. The van der Waals surface area contributed by atoms with Crippen LogP contribution in [0.5, 0.6) is 0 Å². The molecule has 0 bridgehead atoms. The van der Waals surface area contributed by atoms with Crippen LogP contribution in [0.1, 0.15) is 20.3 Å². The molecule has 1 aromatic heterocycles. The molecular weight excluding hydrogens is 251 g/mol. The van der Waals surface area contributed by atoms with Crippen LogP contribution in [-0.4, -0.2) is 21.4 Å². The van der Waals surface area contributed by atoms with E-state index in [0.717, 1.165) is 0 Å². The molecule has 0 spiro atoms. The zero-order valence-corrected chi connectivity index (χ0v) is 10.4. The topological polar surface area (TPSA) is 80.9 Å². The molecule has 88 valence electrons. The van der Waals surface area contributed by atoms with E-state index >= 15 is 0 Å². The van der Waals surface area contributed by atoms with Crippen molar-refractivity contribution in [2.45, 2.75) is 25.8 Å². The second-order valence-corrected chi connectivity index (χ2v) is 4.30. The van der Waals surface area contributed by atoms with Crippen LogP contribution >= 0.6 is 23.2 Å². The zero-order chi connectivity index (χ0) is 12.3. The van der Waals surface area contributed by atoms with Gasteiger partial charge in [-0.1, -0.05) is 18.5 Å². The highest BCUT2D eigenvalue weighted by Crippen LogP contribution is 2.16. The lowest BCUT2D eigenvalue weighted by Gasteiger charge is -2.21. The Morgan fingerprint density at radius 2 is 2.19 bits per heavy atom. The summed E-state index contributed by atoms with van der Waals surface area (Å²) in [6, 6.07) is 1.40. The number of nitrogens with two attached hydrogens (primary N) is 1. The second kappa shape index (κ2) is 4.95. The third kappa shape index (κ3) is 3.30. The van der Waals surface area contributed by atoms with Crippen LogP contribution in [-0.2, 0) is 4.79 Å². The summed E-state index contributed by atoms with van der Waals surface area (Å²) < 4.78 is 0. The molecule has 1 atom stereocenters. The second-order valence-electron chi connectivity index (χ2n) is 3.57. The lowest BCUT2D eigenvalue weighted by molar-refractivity contribution is -0.120. The van der Waals surface area contributed by atoms with Crippen molar-refractivity contribution in [3.63, 3.8) is 0 Å². The minimum atomic E-state index is -0.954. The molecule has 0 radical (unpaired) electrons. The van der Waals surface area contributed by atoms with Gasteiger partial charge in [-0.15, -0.1) is 0 Å². The van der Waals surface area contributed by atoms with Crippen LogP contribution in [0.15, 0.2) is 6.07 Å². The predicted molar refractivity (Wildman–Crippen MR) is 63.6 cm³/mol. The Hall–Kier alpha value is -0.910. The highest BCUT2D eigenvalue weighted by molar-refractivity contribution is 6.32. The van der Waals surface area contributed by atoms with E-state index in [1.165, 1.54) is 6.07 Å². The van der Waals surface area contributed by atoms with Crippen molar-refractivity contribution in [1.29, 1.82) is 0 Å². The molecular formula is C9H12Cl2N4O. The molecule has 1 heterocycles. The Labute approximate surface area is 103 Å². The zero-order valence-electron chi connectivity index (χ0n) is 8.92. The molecule has 0 saturated carbocycles. The van der Waals surface area contributed by atoms with Gasteiger partial charge >= 0.3 is 0 Å². The summed E-state index contributed by atoms with van der Waals surface area (Å²) in [6.45, 7) is 3.45.